The van der Waals surface area contributed by atoms with E-state index in [-0.39, 0.29) is 31.8 Å². The molecule has 1 aliphatic heterocycles. The molecule has 23 nitrogen and oxygen atoms in total. The van der Waals surface area contributed by atoms with Crippen LogP contribution in [0.5, 0.6) is 0 Å². The highest BCUT2D eigenvalue weighted by Gasteiger charge is 2.28. The summed E-state index contributed by atoms with van der Waals surface area (Å²) in [6.45, 7) is 19.0. The van der Waals surface area contributed by atoms with Crippen molar-refractivity contribution in [2.24, 2.45) is 17.4 Å². The van der Waals surface area contributed by atoms with E-state index in [1.165, 1.54) is 57.8 Å². The molecule has 0 aromatic heterocycles. The van der Waals surface area contributed by atoms with E-state index < -0.39 is 116 Å². The number of nitrogens with one attached hydrogen (secondary N) is 8. The molecular weight excluding hydrogens is 947 g/mol. The van der Waals surface area contributed by atoms with Gasteiger partial charge in [-0.15, -0.1) is 0 Å². The fraction of sp³-hybridized carbons (Fsp3) is 0.800. The highest BCUT2D eigenvalue weighted by atomic mass is 16.4. The number of unbranched alkanes of at least 4 members (excludes halogenated alkanes) is 6. The predicted octanol–water partition coefficient (Wildman–Crippen LogP) is 1.79. The average Bonchev–Trinajstić information content (AvgIpc) is 4.19. The van der Waals surface area contributed by atoms with Crippen molar-refractivity contribution in [3.05, 3.63) is 0 Å². The molecule has 1 heterocycles. The van der Waals surface area contributed by atoms with Gasteiger partial charge >= 0.3 is 11.9 Å². The third kappa shape index (κ3) is 48.6. The van der Waals surface area contributed by atoms with Crippen molar-refractivity contribution in [3.63, 3.8) is 0 Å². The van der Waals surface area contributed by atoms with E-state index in [2.05, 4.69) is 91.0 Å². The number of nitrogens with zero attached hydrogens (tertiary/aromatic N) is 1. The van der Waals surface area contributed by atoms with Gasteiger partial charge in [-0.2, -0.15) is 0 Å². The molecule has 0 aromatic carbocycles. The van der Waals surface area contributed by atoms with Crippen LogP contribution in [-0.4, -0.2) is 157 Å². The second kappa shape index (κ2) is 50.1. The fourth-order valence-electron chi connectivity index (χ4n) is 5.63. The van der Waals surface area contributed by atoms with Gasteiger partial charge in [-0.05, 0) is 44.6 Å². The normalized spacial score (nSPS) is 13.0. The Labute approximate surface area is 436 Å². The quantitative estimate of drug-likeness (QED) is 0.0323. The van der Waals surface area contributed by atoms with Crippen molar-refractivity contribution in [2.75, 3.05) is 58.9 Å². The molecular formula is C50H99N11O12. The zero-order valence-electron chi connectivity index (χ0n) is 46.1. The number of aliphatic carboxylic acids is 2. The molecule has 3 unspecified atom stereocenters. The monoisotopic (exact) mass is 1050 g/mol. The summed E-state index contributed by atoms with van der Waals surface area (Å²) in [5.74, 6) is -8.92. The number of amides is 8. The van der Waals surface area contributed by atoms with Gasteiger partial charge in [0.05, 0.1) is 39.1 Å². The minimum atomic E-state index is -1.65. The summed E-state index contributed by atoms with van der Waals surface area (Å²) in [6.07, 6.45) is 14.1. The average molecular weight is 1050 g/mol. The van der Waals surface area contributed by atoms with Crippen molar-refractivity contribution in [1.82, 2.24) is 47.4 Å². The first-order chi connectivity index (χ1) is 34.6. The summed E-state index contributed by atoms with van der Waals surface area (Å²) in [5.41, 5.74) is 10.5. The standard InChI is InChI=1S/C33H56N10O12.C5H12.C4H11N.2C4H10/c1-4-9-43(18-27(47)36-14-25(45)41-22(10-19(2)3)32(54)39-17-30(51)52)28(48)16-38-33(55)23(11-29(49)50)42-26(46)15-37-31(53)21(40-24(44)12-34)8-6-5-7-20-13-35-20;1-3-5-4-2;1-2-3-4-5;2*1-3-4-2/h19-23,35H,4-18,34H2,1-3H3,(H,36,47)(H,37,53)(H,38,55)(H,39,54)(H,40,44)(H,41,45)(H,42,46)(H,49,50)(H,51,52);3-5H2,1-2H3;2-5H2,1H3;2*3-4H2,1-2H3/t20?,21?,22?,23-;;;;/m0..../s1. The first-order valence-corrected chi connectivity index (χ1v) is 26.4. The molecule has 0 bridgehead atoms. The lowest BCUT2D eigenvalue weighted by Gasteiger charge is -2.23. The molecule has 1 rings (SSSR count). The summed E-state index contributed by atoms with van der Waals surface area (Å²) in [5, 5.41) is 37.6. The number of carbonyl (C=O) groups excluding carboxylic acids is 8. The van der Waals surface area contributed by atoms with Crippen LogP contribution < -0.4 is 54.0 Å². The number of hydrogen-bond donors (Lipinski definition) is 12. The second-order valence-electron chi connectivity index (χ2n) is 17.8. The molecule has 1 saturated heterocycles. The second-order valence-corrected chi connectivity index (χ2v) is 17.8. The van der Waals surface area contributed by atoms with Gasteiger partial charge in [0.15, 0.2) is 0 Å². The number of carbonyl (C=O) groups is 10. The molecule has 23 heteroatoms. The van der Waals surface area contributed by atoms with Crippen LogP contribution in [0.25, 0.3) is 0 Å². The van der Waals surface area contributed by atoms with Crippen molar-refractivity contribution in [3.8, 4) is 0 Å². The Kier molecular flexibility index (Phi) is 50.9. The summed E-state index contributed by atoms with van der Waals surface area (Å²) in [6, 6.07) is -3.23. The molecule has 0 aliphatic carbocycles. The van der Waals surface area contributed by atoms with Gasteiger partial charge in [0.25, 0.3) is 0 Å². The van der Waals surface area contributed by atoms with Crippen LogP contribution >= 0.6 is 0 Å². The smallest absolute Gasteiger partial charge is 0.322 e. The third-order valence-electron chi connectivity index (χ3n) is 10.2. The van der Waals surface area contributed by atoms with Crippen LogP contribution in [0.1, 0.15) is 172 Å². The van der Waals surface area contributed by atoms with Gasteiger partial charge in [-0.1, -0.05) is 133 Å². The summed E-state index contributed by atoms with van der Waals surface area (Å²) < 4.78 is 0. The molecule has 14 N–H and O–H groups in total. The van der Waals surface area contributed by atoms with Crippen LogP contribution in [-0.2, 0) is 47.9 Å². The molecule has 0 radical (unpaired) electrons. The fourth-order valence-corrected chi connectivity index (χ4v) is 5.63. The third-order valence-corrected chi connectivity index (χ3v) is 10.2. The van der Waals surface area contributed by atoms with Crippen LogP contribution in [0.2, 0.25) is 0 Å². The lowest BCUT2D eigenvalue weighted by Crippen LogP contribution is -2.54. The van der Waals surface area contributed by atoms with Crippen molar-refractivity contribution < 1.29 is 58.2 Å². The maximum atomic E-state index is 13.0. The van der Waals surface area contributed by atoms with E-state index in [1.54, 1.807) is 20.8 Å². The van der Waals surface area contributed by atoms with E-state index in [1.807, 2.05) is 0 Å². The van der Waals surface area contributed by atoms with Crippen LogP contribution in [0.4, 0.5) is 0 Å². The van der Waals surface area contributed by atoms with E-state index >= 15 is 0 Å². The van der Waals surface area contributed by atoms with Crippen LogP contribution in [0.15, 0.2) is 0 Å². The van der Waals surface area contributed by atoms with Crippen molar-refractivity contribution >= 4 is 59.2 Å². The van der Waals surface area contributed by atoms with Gasteiger partial charge in [0, 0.05) is 19.1 Å². The molecule has 1 aliphatic rings. The highest BCUT2D eigenvalue weighted by molar-refractivity contribution is 5.96. The van der Waals surface area contributed by atoms with E-state index in [9.17, 15) is 53.1 Å². The molecule has 4 atom stereocenters. The number of carboxylic acids is 2. The maximum absolute atomic E-state index is 13.0. The Morgan fingerprint density at radius 2 is 1.03 bits per heavy atom. The number of hydrogen-bond acceptors (Lipinski definition) is 13. The minimum absolute atomic E-state index is 0.0431. The van der Waals surface area contributed by atoms with E-state index in [0.717, 1.165) is 30.8 Å². The Morgan fingerprint density at radius 1 is 0.548 bits per heavy atom. The van der Waals surface area contributed by atoms with E-state index in [4.69, 9.17) is 16.6 Å². The Balaban J connectivity index is -0.00000112. The summed E-state index contributed by atoms with van der Waals surface area (Å²) >= 11 is 0. The maximum Gasteiger partial charge on any atom is 0.322 e. The summed E-state index contributed by atoms with van der Waals surface area (Å²) in [4.78, 5) is 124. The zero-order chi connectivity index (χ0) is 56.6. The SMILES string of the molecule is CCCC.CCCC.CCCCC.CCCCN.CCCN(CC(=O)NCC(=O)NC(CC(C)C)C(=O)NCC(=O)O)C(=O)CNC(=O)[C@H](CC(=O)O)NC(=O)CNC(=O)C(CCCCC1CN1)NC(=O)CN. The lowest BCUT2D eigenvalue weighted by atomic mass is 10.0. The van der Waals surface area contributed by atoms with Gasteiger partial charge in [0.1, 0.15) is 24.7 Å². The highest BCUT2D eigenvalue weighted by Crippen LogP contribution is 2.11. The van der Waals surface area contributed by atoms with E-state index in [0.29, 0.717) is 18.9 Å². The number of nitrogens with two attached hydrogens (primary N) is 2. The van der Waals surface area contributed by atoms with Gasteiger partial charge < -0.3 is 69.1 Å². The van der Waals surface area contributed by atoms with Crippen LogP contribution in [0, 0.1) is 5.92 Å². The van der Waals surface area contributed by atoms with Gasteiger partial charge in [0.2, 0.25) is 47.3 Å². The largest absolute Gasteiger partial charge is 0.481 e. The lowest BCUT2D eigenvalue weighted by molar-refractivity contribution is -0.141. The number of carboxylic acid groups (broad SMARTS) is 2. The number of rotatable bonds is 34. The molecule has 0 saturated carbocycles. The topological polar surface area (TPSA) is 373 Å². The molecule has 73 heavy (non-hydrogen) atoms. The molecule has 426 valence electrons. The van der Waals surface area contributed by atoms with Crippen molar-refractivity contribution in [1.29, 1.82) is 0 Å². The Bertz CT molecular complexity index is 1530. The first-order valence-electron chi connectivity index (χ1n) is 26.4. The molecule has 1 fully saturated rings. The van der Waals surface area contributed by atoms with Crippen molar-refractivity contribution in [2.45, 2.75) is 196 Å². The molecule has 8 amide bonds. The summed E-state index contributed by atoms with van der Waals surface area (Å²) in [7, 11) is 0. The predicted molar refractivity (Wildman–Crippen MR) is 284 cm³/mol. The first kappa shape index (κ1) is 74.1. The zero-order valence-corrected chi connectivity index (χ0v) is 46.1. The van der Waals surface area contributed by atoms with Gasteiger partial charge in [-0.25, -0.2) is 0 Å². The molecule has 0 spiro atoms. The minimum Gasteiger partial charge on any atom is -0.481 e. The van der Waals surface area contributed by atoms with Crippen LogP contribution in [0.3, 0.4) is 0 Å². The Morgan fingerprint density at radius 3 is 1.45 bits per heavy atom. The Hall–Kier alpha value is -5.42. The van der Waals surface area contributed by atoms with Gasteiger partial charge in [-0.3, -0.25) is 47.9 Å². The molecule has 0 aromatic rings.